The first kappa shape index (κ1) is 25.2. The molecule has 4 aromatic rings. The number of rotatable bonds is 6. The number of nitrogens with zero attached hydrogens (tertiary/aromatic N) is 7. The first-order valence-corrected chi connectivity index (χ1v) is 13.4. The predicted octanol–water partition coefficient (Wildman–Crippen LogP) is 4.96. The quantitative estimate of drug-likeness (QED) is 0.328. The number of pyridine rings is 1. The standard InChI is InChI=1S/C29H30FN7O2/c1-5-21-16-36(28-26-23(35(4)29(38)33-28)12-13-25(31-3)32-26)17(2)15-37(21)27(19-8-10-20(30)11-9-19)22-14-24(39-34-22)18-6-7-18/h8-14,17-18,21,27H,5-7,15-16H2,1-2,4H3/t17-,21+,27?/m0/s1. The maximum Gasteiger partial charge on any atom is 0.350 e. The number of halogens is 1. The lowest BCUT2D eigenvalue weighted by Crippen LogP contribution is -2.58. The highest BCUT2D eigenvalue weighted by molar-refractivity contribution is 5.87. The molecule has 4 heterocycles. The van der Waals surface area contributed by atoms with E-state index in [1.54, 1.807) is 19.2 Å². The number of benzene rings is 1. The van der Waals surface area contributed by atoms with E-state index in [-0.39, 0.29) is 35.5 Å². The molecule has 6 rings (SSSR count). The van der Waals surface area contributed by atoms with E-state index in [4.69, 9.17) is 11.1 Å². The Morgan fingerprint density at radius 1 is 1.15 bits per heavy atom. The first-order valence-electron chi connectivity index (χ1n) is 13.4. The van der Waals surface area contributed by atoms with Gasteiger partial charge in [-0.25, -0.2) is 9.18 Å². The average molecular weight is 528 g/mol. The van der Waals surface area contributed by atoms with Crippen molar-refractivity contribution in [2.24, 2.45) is 7.05 Å². The molecule has 1 saturated carbocycles. The molecule has 3 atom stereocenters. The second kappa shape index (κ2) is 9.89. The van der Waals surface area contributed by atoms with Crippen molar-refractivity contribution in [2.75, 3.05) is 18.0 Å². The normalized spacial score (nSPS) is 20.7. The molecule has 1 aliphatic heterocycles. The number of hydrogen-bond acceptors (Lipinski definition) is 7. The molecule has 200 valence electrons. The number of anilines is 1. The molecule has 0 radical (unpaired) electrons. The van der Waals surface area contributed by atoms with Gasteiger partial charge in [-0.2, -0.15) is 4.98 Å². The molecule has 0 N–H and O–H groups in total. The van der Waals surface area contributed by atoms with E-state index in [0.717, 1.165) is 36.3 Å². The Hall–Kier alpha value is -4.10. The summed E-state index contributed by atoms with van der Waals surface area (Å²) in [6.45, 7) is 12.9. The van der Waals surface area contributed by atoms with Gasteiger partial charge in [0.2, 0.25) is 5.52 Å². The van der Waals surface area contributed by atoms with Crippen LogP contribution in [0.15, 0.2) is 51.8 Å². The molecule has 2 fully saturated rings. The molecular formula is C29H30FN7O2. The Kier molecular flexibility index (Phi) is 6.39. The molecule has 0 spiro atoms. The fraction of sp³-hybridized carbons (Fsp3) is 0.414. The minimum absolute atomic E-state index is 0.0354. The third kappa shape index (κ3) is 4.57. The highest BCUT2D eigenvalue weighted by Gasteiger charge is 2.40. The van der Waals surface area contributed by atoms with Gasteiger partial charge in [0.15, 0.2) is 5.82 Å². The summed E-state index contributed by atoms with van der Waals surface area (Å²) < 4.78 is 21.1. The smallest absolute Gasteiger partial charge is 0.350 e. The van der Waals surface area contributed by atoms with E-state index in [1.165, 1.54) is 16.7 Å². The van der Waals surface area contributed by atoms with Gasteiger partial charge >= 0.3 is 5.69 Å². The van der Waals surface area contributed by atoms with E-state index >= 15 is 0 Å². The number of aromatic nitrogens is 4. The van der Waals surface area contributed by atoms with Gasteiger partial charge in [-0.15, -0.1) is 4.98 Å². The molecular weight excluding hydrogens is 497 g/mol. The Morgan fingerprint density at radius 2 is 1.92 bits per heavy atom. The second-order valence-electron chi connectivity index (χ2n) is 10.6. The third-order valence-electron chi connectivity index (χ3n) is 7.99. The molecule has 39 heavy (non-hydrogen) atoms. The van der Waals surface area contributed by atoms with Crippen LogP contribution in [0.3, 0.4) is 0 Å². The van der Waals surface area contributed by atoms with Crippen LogP contribution in [0.1, 0.15) is 62.1 Å². The topological polar surface area (TPSA) is 84.7 Å². The van der Waals surface area contributed by atoms with E-state index in [9.17, 15) is 9.18 Å². The molecule has 0 amide bonds. The molecule has 3 aromatic heterocycles. The molecule has 1 aliphatic carbocycles. The van der Waals surface area contributed by atoms with Crippen molar-refractivity contribution >= 4 is 22.7 Å². The van der Waals surface area contributed by atoms with Crippen LogP contribution in [0.5, 0.6) is 0 Å². The Balaban J connectivity index is 1.40. The lowest BCUT2D eigenvalue weighted by Gasteiger charge is -2.48. The van der Waals surface area contributed by atoms with E-state index in [0.29, 0.717) is 35.9 Å². The van der Waals surface area contributed by atoms with E-state index < -0.39 is 0 Å². The van der Waals surface area contributed by atoms with Crippen LogP contribution in [-0.4, -0.2) is 49.8 Å². The Labute approximate surface area is 225 Å². The van der Waals surface area contributed by atoms with Gasteiger partial charge in [-0.05, 0) is 56.0 Å². The van der Waals surface area contributed by atoms with Crippen LogP contribution in [0, 0.1) is 12.4 Å². The van der Waals surface area contributed by atoms with Crippen LogP contribution in [0.4, 0.5) is 16.0 Å². The zero-order valence-electron chi connectivity index (χ0n) is 22.2. The lowest BCUT2D eigenvalue weighted by molar-refractivity contribution is 0.111. The van der Waals surface area contributed by atoms with E-state index in [1.807, 2.05) is 12.1 Å². The van der Waals surface area contributed by atoms with Gasteiger partial charge < -0.3 is 14.3 Å². The molecule has 1 unspecified atom stereocenters. The number of hydrogen-bond donors (Lipinski definition) is 0. The Morgan fingerprint density at radius 3 is 2.62 bits per heavy atom. The Bertz CT molecular complexity index is 1620. The summed E-state index contributed by atoms with van der Waals surface area (Å²) in [6, 6.07) is 11.9. The van der Waals surface area contributed by atoms with Crippen molar-refractivity contribution in [3.63, 3.8) is 0 Å². The second-order valence-corrected chi connectivity index (χ2v) is 10.6. The summed E-state index contributed by atoms with van der Waals surface area (Å²) in [7, 11) is 1.66. The largest absolute Gasteiger partial charge is 0.361 e. The molecule has 1 saturated heterocycles. The van der Waals surface area contributed by atoms with Gasteiger partial charge in [0.1, 0.15) is 17.3 Å². The summed E-state index contributed by atoms with van der Waals surface area (Å²) in [5.41, 5.74) is 2.59. The van der Waals surface area contributed by atoms with Gasteiger partial charge in [0.05, 0.1) is 11.6 Å². The van der Waals surface area contributed by atoms with Crippen LogP contribution in [-0.2, 0) is 7.05 Å². The lowest BCUT2D eigenvalue weighted by atomic mass is 9.95. The van der Waals surface area contributed by atoms with Crippen LogP contribution < -0.4 is 10.6 Å². The SMILES string of the molecule is [C-]#[N+]c1ccc2c(n1)c(N1C[C@@H](CC)N(C(c3ccc(F)cc3)c3cc(C4CC4)on3)C[C@@H]1C)nc(=O)n2C. The third-order valence-corrected chi connectivity index (χ3v) is 7.99. The maximum absolute atomic E-state index is 13.9. The zero-order chi connectivity index (χ0) is 27.3. The fourth-order valence-corrected chi connectivity index (χ4v) is 5.67. The summed E-state index contributed by atoms with van der Waals surface area (Å²) >= 11 is 0. The summed E-state index contributed by atoms with van der Waals surface area (Å²) in [4.78, 5) is 29.8. The van der Waals surface area contributed by atoms with Crippen molar-refractivity contribution in [2.45, 2.75) is 57.2 Å². The van der Waals surface area contributed by atoms with Crippen LogP contribution in [0.25, 0.3) is 15.9 Å². The van der Waals surface area contributed by atoms with Crippen molar-refractivity contribution < 1.29 is 8.91 Å². The van der Waals surface area contributed by atoms with Crippen molar-refractivity contribution in [1.29, 1.82) is 0 Å². The molecule has 1 aromatic carbocycles. The zero-order valence-corrected chi connectivity index (χ0v) is 22.2. The minimum Gasteiger partial charge on any atom is -0.361 e. The summed E-state index contributed by atoms with van der Waals surface area (Å²) in [6.07, 6.45) is 3.06. The van der Waals surface area contributed by atoms with Gasteiger partial charge in [0.25, 0.3) is 5.82 Å². The summed E-state index contributed by atoms with van der Waals surface area (Å²) in [5, 5.41) is 4.49. The van der Waals surface area contributed by atoms with Crippen molar-refractivity contribution in [1.82, 2.24) is 24.6 Å². The number of fused-ring (bicyclic) bond motifs is 1. The van der Waals surface area contributed by atoms with Crippen molar-refractivity contribution in [3.8, 4) is 0 Å². The van der Waals surface area contributed by atoms with E-state index in [2.05, 4.69) is 49.7 Å². The van der Waals surface area contributed by atoms with Crippen LogP contribution in [0.2, 0.25) is 0 Å². The predicted molar refractivity (Wildman–Crippen MR) is 145 cm³/mol. The van der Waals surface area contributed by atoms with Gasteiger partial charge in [-0.1, -0.05) is 30.8 Å². The van der Waals surface area contributed by atoms with Gasteiger partial charge in [-0.3, -0.25) is 9.47 Å². The molecule has 9 nitrogen and oxygen atoms in total. The monoisotopic (exact) mass is 527 g/mol. The number of piperazine rings is 1. The van der Waals surface area contributed by atoms with Gasteiger partial charge in [0, 0.05) is 44.2 Å². The molecule has 10 heteroatoms. The van der Waals surface area contributed by atoms with Crippen LogP contribution >= 0.6 is 0 Å². The first-order chi connectivity index (χ1) is 18.9. The minimum atomic E-state index is -0.364. The molecule has 2 aliphatic rings. The highest BCUT2D eigenvalue weighted by Crippen LogP contribution is 2.42. The number of aryl methyl sites for hydroxylation is 1. The maximum atomic E-state index is 13.9. The summed E-state index contributed by atoms with van der Waals surface area (Å²) in [5.74, 6) is 1.83. The molecule has 0 bridgehead atoms. The fourth-order valence-electron chi connectivity index (χ4n) is 5.67. The van der Waals surface area contributed by atoms with Crippen molar-refractivity contribution in [3.05, 3.63) is 87.2 Å². The average Bonchev–Trinajstić information content (AvgIpc) is 3.69. The highest BCUT2D eigenvalue weighted by atomic mass is 19.1.